The molecule has 0 bridgehead atoms. The van der Waals surface area contributed by atoms with Gasteiger partial charge in [0.25, 0.3) is 0 Å². The molecule has 0 aliphatic carbocycles. The van der Waals surface area contributed by atoms with Gasteiger partial charge in [0.2, 0.25) is 0 Å². The zero-order chi connectivity index (χ0) is 17.8. The molecule has 1 fully saturated rings. The van der Waals surface area contributed by atoms with Crippen LogP contribution in [0.3, 0.4) is 0 Å². The SMILES string of the molecule is C[C@H]1CC2(CC[Si](O)(O)c3cc(Cl)ccc32)C[C@@H](c2cn(C)nn2)N1. The predicted molar refractivity (Wildman–Crippen MR) is 98.0 cm³/mol. The number of hydrogen-bond donors (Lipinski definition) is 3. The quantitative estimate of drug-likeness (QED) is 0.651. The van der Waals surface area contributed by atoms with Gasteiger partial charge in [-0.15, -0.1) is 5.10 Å². The summed E-state index contributed by atoms with van der Waals surface area (Å²) in [6, 6.07) is 6.47. The maximum absolute atomic E-state index is 10.6. The molecular weight excluding hydrogens is 356 g/mol. The summed E-state index contributed by atoms with van der Waals surface area (Å²) in [5.74, 6) is 0. The van der Waals surface area contributed by atoms with E-state index in [9.17, 15) is 9.59 Å². The number of hydrogen-bond acceptors (Lipinski definition) is 5. The van der Waals surface area contributed by atoms with E-state index in [1.807, 2.05) is 25.4 Å². The predicted octanol–water partition coefficient (Wildman–Crippen LogP) is 1.26. The Morgan fingerprint density at radius 3 is 2.88 bits per heavy atom. The second-order valence-electron chi connectivity index (χ2n) is 7.63. The lowest BCUT2D eigenvalue weighted by Crippen LogP contribution is -2.60. The first kappa shape index (κ1) is 17.2. The number of nitrogens with one attached hydrogen (secondary N) is 1. The molecule has 6 nitrogen and oxygen atoms in total. The van der Waals surface area contributed by atoms with Crippen molar-refractivity contribution in [1.29, 1.82) is 0 Å². The Balaban J connectivity index is 1.78. The molecule has 1 aromatic heterocycles. The Morgan fingerprint density at radius 2 is 2.16 bits per heavy atom. The van der Waals surface area contributed by atoms with Gasteiger partial charge in [-0.3, -0.25) is 4.68 Å². The molecule has 1 unspecified atom stereocenters. The van der Waals surface area contributed by atoms with Crippen LogP contribution in [0.25, 0.3) is 0 Å². The maximum Gasteiger partial charge on any atom is 0.367 e. The van der Waals surface area contributed by atoms with Crippen molar-refractivity contribution >= 4 is 25.3 Å². The molecule has 134 valence electrons. The lowest BCUT2D eigenvalue weighted by molar-refractivity contribution is 0.192. The molecule has 4 rings (SSSR count). The lowest BCUT2D eigenvalue weighted by atomic mass is 9.66. The van der Waals surface area contributed by atoms with E-state index in [4.69, 9.17) is 11.6 Å². The van der Waals surface area contributed by atoms with Crippen molar-refractivity contribution < 1.29 is 9.59 Å². The van der Waals surface area contributed by atoms with Crippen LogP contribution < -0.4 is 10.5 Å². The summed E-state index contributed by atoms with van der Waals surface area (Å²) in [7, 11) is -1.54. The second kappa shape index (κ2) is 5.89. The first-order chi connectivity index (χ1) is 11.8. The molecular formula is C17H23ClN4O2Si. The molecule has 2 aliphatic heterocycles. The topological polar surface area (TPSA) is 83.2 Å². The minimum atomic E-state index is -3.41. The van der Waals surface area contributed by atoms with Crippen LogP contribution >= 0.6 is 11.6 Å². The molecule has 2 aliphatic rings. The van der Waals surface area contributed by atoms with Crippen molar-refractivity contribution in [3.63, 3.8) is 0 Å². The van der Waals surface area contributed by atoms with Crippen molar-refractivity contribution in [3.05, 3.63) is 40.7 Å². The highest BCUT2D eigenvalue weighted by Gasteiger charge is 2.51. The number of aromatic nitrogens is 3. The Bertz CT molecular complexity index is 812. The van der Waals surface area contributed by atoms with Crippen LogP contribution in [0.5, 0.6) is 0 Å². The molecule has 25 heavy (non-hydrogen) atoms. The number of aryl methyl sites for hydroxylation is 1. The second-order valence-corrected chi connectivity index (χ2v) is 10.7. The summed E-state index contributed by atoms with van der Waals surface area (Å²) in [4.78, 5) is 21.2. The summed E-state index contributed by atoms with van der Waals surface area (Å²) in [6.45, 7) is 2.18. The van der Waals surface area contributed by atoms with Crippen molar-refractivity contribution in [1.82, 2.24) is 20.3 Å². The number of fused-ring (bicyclic) bond motifs is 2. The van der Waals surface area contributed by atoms with E-state index in [0.29, 0.717) is 22.3 Å². The smallest absolute Gasteiger partial charge is 0.367 e. The molecule has 3 atom stereocenters. The van der Waals surface area contributed by atoms with Crippen molar-refractivity contribution in [3.8, 4) is 0 Å². The van der Waals surface area contributed by atoms with Gasteiger partial charge in [0.1, 0.15) is 0 Å². The highest BCUT2D eigenvalue weighted by atomic mass is 35.5. The standard InChI is InChI=1S/C17H23ClN4O2Si/c1-11-8-17(9-14(19-11)15-10-22(2)21-20-15)5-6-25(23,24)16-7-12(18)3-4-13(16)17/h3-4,7,10-11,14,19,23-24H,5-6,8-9H2,1-2H3/t11-,14-,17?/m0/s1. The fourth-order valence-corrected chi connectivity index (χ4v) is 7.18. The fraction of sp³-hybridized carbons (Fsp3) is 0.529. The van der Waals surface area contributed by atoms with Gasteiger partial charge in [-0.25, -0.2) is 0 Å². The van der Waals surface area contributed by atoms with Gasteiger partial charge < -0.3 is 14.9 Å². The zero-order valence-electron chi connectivity index (χ0n) is 14.4. The van der Waals surface area contributed by atoms with Gasteiger partial charge in [-0.2, -0.15) is 0 Å². The van der Waals surface area contributed by atoms with Gasteiger partial charge >= 0.3 is 8.56 Å². The van der Waals surface area contributed by atoms with Crippen LogP contribution in [0.4, 0.5) is 0 Å². The summed E-state index contributed by atoms with van der Waals surface area (Å²) >= 11 is 6.15. The van der Waals surface area contributed by atoms with Crippen LogP contribution in [0.1, 0.15) is 43.5 Å². The van der Waals surface area contributed by atoms with E-state index in [1.165, 1.54) is 0 Å². The van der Waals surface area contributed by atoms with Crippen LogP contribution in [-0.2, 0) is 12.5 Å². The van der Waals surface area contributed by atoms with Crippen molar-refractivity contribution in [2.75, 3.05) is 0 Å². The van der Waals surface area contributed by atoms with Crippen molar-refractivity contribution in [2.24, 2.45) is 7.05 Å². The van der Waals surface area contributed by atoms with E-state index in [2.05, 4.69) is 22.6 Å². The summed E-state index contributed by atoms with van der Waals surface area (Å²) in [5, 5.41) is 13.2. The minimum Gasteiger partial charge on any atom is -0.407 e. The van der Waals surface area contributed by atoms with Gasteiger partial charge in [-0.1, -0.05) is 22.9 Å². The molecule has 2 aromatic rings. The van der Waals surface area contributed by atoms with Gasteiger partial charge in [0.05, 0.1) is 11.7 Å². The van der Waals surface area contributed by atoms with Crippen LogP contribution in [-0.4, -0.2) is 39.2 Å². The van der Waals surface area contributed by atoms with E-state index < -0.39 is 8.56 Å². The number of rotatable bonds is 1. The first-order valence-electron chi connectivity index (χ1n) is 8.67. The first-order valence-corrected chi connectivity index (χ1v) is 11.1. The third-order valence-electron chi connectivity index (χ3n) is 5.69. The van der Waals surface area contributed by atoms with Crippen molar-refractivity contribution in [2.45, 2.75) is 49.7 Å². The van der Waals surface area contributed by atoms with Gasteiger partial charge in [0, 0.05) is 24.3 Å². The Hall–Kier alpha value is -1.25. The van der Waals surface area contributed by atoms with Crippen LogP contribution in [0.2, 0.25) is 11.1 Å². The minimum absolute atomic E-state index is 0.0886. The van der Waals surface area contributed by atoms with E-state index in [1.54, 1.807) is 10.7 Å². The third-order valence-corrected chi connectivity index (χ3v) is 8.15. The number of nitrogens with zero attached hydrogens (tertiary/aromatic N) is 3. The number of benzene rings is 1. The molecule has 8 heteroatoms. The molecule has 0 radical (unpaired) electrons. The van der Waals surface area contributed by atoms with Crippen LogP contribution in [0.15, 0.2) is 24.4 Å². The summed E-state index contributed by atoms with van der Waals surface area (Å²) in [6.07, 6.45) is 4.56. The molecule has 3 heterocycles. The Labute approximate surface area is 153 Å². The highest BCUT2D eigenvalue weighted by molar-refractivity contribution is 6.79. The Morgan fingerprint density at radius 1 is 1.36 bits per heavy atom. The van der Waals surface area contributed by atoms with E-state index in [0.717, 1.165) is 30.5 Å². The van der Waals surface area contributed by atoms with E-state index >= 15 is 0 Å². The average Bonchev–Trinajstić information content (AvgIpc) is 2.98. The van der Waals surface area contributed by atoms with E-state index in [-0.39, 0.29) is 11.5 Å². The van der Waals surface area contributed by atoms with Crippen LogP contribution in [0, 0.1) is 0 Å². The average molecular weight is 379 g/mol. The maximum atomic E-state index is 10.6. The monoisotopic (exact) mass is 378 g/mol. The largest absolute Gasteiger partial charge is 0.407 e. The number of halogens is 1. The number of piperidine rings is 1. The summed E-state index contributed by atoms with van der Waals surface area (Å²) < 4.78 is 1.72. The zero-order valence-corrected chi connectivity index (χ0v) is 16.2. The molecule has 1 saturated heterocycles. The fourth-order valence-electron chi connectivity index (χ4n) is 4.65. The highest BCUT2D eigenvalue weighted by Crippen LogP contribution is 2.47. The molecule has 3 N–H and O–H groups in total. The van der Waals surface area contributed by atoms with Gasteiger partial charge in [-0.05, 0) is 60.5 Å². The summed E-state index contributed by atoms with van der Waals surface area (Å²) in [5.41, 5.74) is 1.91. The third kappa shape index (κ3) is 2.94. The molecule has 0 saturated carbocycles. The molecule has 0 amide bonds. The normalized spacial score (nSPS) is 31.1. The Kier molecular flexibility index (Phi) is 4.04. The lowest BCUT2D eigenvalue weighted by Gasteiger charge is -2.49. The molecule has 1 spiro atoms. The van der Waals surface area contributed by atoms with Gasteiger partial charge in [0.15, 0.2) is 0 Å². The molecule has 1 aromatic carbocycles.